The minimum absolute atomic E-state index is 0.373. The first-order chi connectivity index (χ1) is 12.3. The van der Waals surface area contributed by atoms with Crippen molar-refractivity contribution in [2.75, 3.05) is 5.43 Å². The van der Waals surface area contributed by atoms with Gasteiger partial charge in [-0.3, -0.25) is 0 Å². The topological polar surface area (TPSA) is 68.0 Å². The summed E-state index contributed by atoms with van der Waals surface area (Å²) in [6, 6.07) is 16.0. The molecule has 124 valence electrons. The smallest absolute Gasteiger partial charge is 0.265 e. The van der Waals surface area contributed by atoms with E-state index >= 15 is 0 Å². The van der Waals surface area contributed by atoms with Crippen LogP contribution < -0.4 is 5.43 Å². The van der Waals surface area contributed by atoms with Crippen LogP contribution in [0.25, 0.3) is 22.1 Å². The van der Waals surface area contributed by atoms with Crippen LogP contribution in [0, 0.1) is 0 Å². The Morgan fingerprint density at radius 1 is 1.12 bits per heavy atom. The lowest BCUT2D eigenvalue weighted by Crippen LogP contribution is -2.02. The third-order valence-corrected chi connectivity index (χ3v) is 4.47. The molecular weight excluding hydrogens is 380 g/mol. The Kier molecular flexibility index (Phi) is 4.15. The van der Waals surface area contributed by atoms with E-state index in [1.54, 1.807) is 6.21 Å². The van der Waals surface area contributed by atoms with Gasteiger partial charge in [0.25, 0.3) is 5.95 Å². The van der Waals surface area contributed by atoms with Gasteiger partial charge in [0.05, 0.1) is 11.7 Å². The predicted octanol–water partition coefficient (Wildman–Crippen LogP) is 4.21. The molecule has 25 heavy (non-hydrogen) atoms. The fourth-order valence-corrected chi connectivity index (χ4v) is 3.05. The molecule has 0 aliphatic carbocycles. The van der Waals surface area contributed by atoms with Crippen molar-refractivity contribution in [3.8, 4) is 0 Å². The van der Waals surface area contributed by atoms with E-state index in [9.17, 15) is 0 Å². The number of hydrogen-bond donors (Lipinski definition) is 1. The lowest BCUT2D eigenvalue weighted by molar-refractivity contribution is 0.811. The number of rotatable bonds is 4. The van der Waals surface area contributed by atoms with Gasteiger partial charge < -0.3 is 4.57 Å². The van der Waals surface area contributed by atoms with Crippen molar-refractivity contribution < 1.29 is 0 Å². The highest BCUT2D eigenvalue weighted by atomic mass is 79.9. The van der Waals surface area contributed by atoms with Gasteiger partial charge in [0.1, 0.15) is 5.52 Å². The predicted molar refractivity (Wildman–Crippen MR) is 104 cm³/mol. The van der Waals surface area contributed by atoms with Gasteiger partial charge in [0.15, 0.2) is 5.65 Å². The number of fused-ring (bicyclic) bond motifs is 3. The number of aromatic nitrogens is 4. The van der Waals surface area contributed by atoms with Gasteiger partial charge in [-0.15, -0.1) is 10.2 Å². The van der Waals surface area contributed by atoms with Crippen molar-refractivity contribution in [3.63, 3.8) is 0 Å². The number of aryl methyl sites for hydroxylation is 1. The number of benzene rings is 2. The molecule has 0 unspecified atom stereocenters. The normalized spacial score (nSPS) is 11.6. The van der Waals surface area contributed by atoms with E-state index in [2.05, 4.69) is 59.2 Å². The maximum absolute atomic E-state index is 4.59. The summed E-state index contributed by atoms with van der Waals surface area (Å²) in [4.78, 5) is 4.59. The maximum Gasteiger partial charge on any atom is 0.265 e. The van der Waals surface area contributed by atoms with E-state index in [0.29, 0.717) is 5.95 Å². The first-order valence-electron chi connectivity index (χ1n) is 7.92. The molecule has 2 aromatic heterocycles. The molecule has 7 heteroatoms. The van der Waals surface area contributed by atoms with Crippen LogP contribution in [0.3, 0.4) is 0 Å². The van der Waals surface area contributed by atoms with Crippen molar-refractivity contribution >= 4 is 50.2 Å². The average Bonchev–Trinajstić information content (AvgIpc) is 2.96. The van der Waals surface area contributed by atoms with Gasteiger partial charge in [-0.2, -0.15) is 10.1 Å². The Morgan fingerprint density at radius 3 is 2.72 bits per heavy atom. The first-order valence-corrected chi connectivity index (χ1v) is 8.72. The maximum atomic E-state index is 4.59. The zero-order valence-corrected chi connectivity index (χ0v) is 15.1. The van der Waals surface area contributed by atoms with Crippen molar-refractivity contribution in [1.29, 1.82) is 0 Å². The zero-order chi connectivity index (χ0) is 17.2. The molecule has 0 bridgehead atoms. The van der Waals surface area contributed by atoms with Crippen LogP contribution in [0.4, 0.5) is 5.95 Å². The number of para-hydroxylation sites is 1. The molecule has 0 saturated carbocycles. The third kappa shape index (κ3) is 2.98. The molecule has 6 nitrogen and oxygen atoms in total. The first kappa shape index (κ1) is 15.7. The second kappa shape index (κ2) is 6.60. The molecule has 0 aliphatic heterocycles. The minimum atomic E-state index is 0.373. The number of hydrogen-bond acceptors (Lipinski definition) is 5. The van der Waals surface area contributed by atoms with Crippen LogP contribution in [0.5, 0.6) is 0 Å². The second-order valence-corrected chi connectivity index (χ2v) is 6.41. The fraction of sp³-hybridized carbons (Fsp3) is 0.111. The lowest BCUT2D eigenvalue weighted by Gasteiger charge is -2.02. The summed E-state index contributed by atoms with van der Waals surface area (Å²) in [6.07, 6.45) is 1.72. The molecule has 0 fully saturated rings. The number of hydrazone groups is 1. The largest absolute Gasteiger partial charge is 0.324 e. The summed E-state index contributed by atoms with van der Waals surface area (Å²) in [7, 11) is 0. The summed E-state index contributed by atoms with van der Waals surface area (Å²) >= 11 is 3.41. The van der Waals surface area contributed by atoms with Crippen LogP contribution in [0.1, 0.15) is 12.5 Å². The van der Waals surface area contributed by atoms with Gasteiger partial charge in [-0.05, 0) is 30.7 Å². The van der Waals surface area contributed by atoms with Gasteiger partial charge in [-0.25, -0.2) is 5.43 Å². The van der Waals surface area contributed by atoms with Gasteiger partial charge in [0.2, 0.25) is 0 Å². The van der Waals surface area contributed by atoms with E-state index in [1.165, 1.54) is 0 Å². The van der Waals surface area contributed by atoms with Crippen LogP contribution >= 0.6 is 15.9 Å². The highest BCUT2D eigenvalue weighted by Crippen LogP contribution is 2.26. The summed E-state index contributed by atoms with van der Waals surface area (Å²) in [5.74, 6) is 0.373. The van der Waals surface area contributed by atoms with Crippen LogP contribution in [0.15, 0.2) is 58.1 Å². The molecule has 4 aromatic rings. The molecule has 0 aliphatic rings. The monoisotopic (exact) mass is 394 g/mol. The summed E-state index contributed by atoms with van der Waals surface area (Å²) < 4.78 is 3.16. The SMILES string of the molecule is CCn1c2ccccc2c2nnc(N/N=C/c3ccc(Br)cc3)nc21. The number of anilines is 1. The Morgan fingerprint density at radius 2 is 1.92 bits per heavy atom. The highest BCUT2D eigenvalue weighted by Gasteiger charge is 2.13. The van der Waals surface area contributed by atoms with Gasteiger partial charge in [-0.1, -0.05) is 46.3 Å². The van der Waals surface area contributed by atoms with Gasteiger partial charge >= 0.3 is 0 Å². The van der Waals surface area contributed by atoms with Crippen molar-refractivity contribution in [1.82, 2.24) is 19.7 Å². The zero-order valence-electron chi connectivity index (χ0n) is 13.5. The third-order valence-electron chi connectivity index (χ3n) is 3.94. The Bertz CT molecular complexity index is 1070. The molecule has 1 N–H and O–H groups in total. The molecule has 0 amide bonds. The Hall–Kier alpha value is -2.80. The van der Waals surface area contributed by atoms with E-state index in [1.807, 2.05) is 42.5 Å². The van der Waals surface area contributed by atoms with Crippen LogP contribution in [-0.4, -0.2) is 26.0 Å². The molecular formula is C18H15BrN6. The standard InChI is InChI=1S/C18H15BrN6/c1-2-25-15-6-4-3-5-14(15)16-17(25)21-18(24-22-16)23-20-11-12-7-9-13(19)10-8-12/h3-11H,2H2,1H3,(H,21,23,24)/b20-11+. The fourth-order valence-electron chi connectivity index (χ4n) is 2.78. The van der Waals surface area contributed by atoms with Crippen molar-refractivity contribution in [2.24, 2.45) is 5.10 Å². The molecule has 0 atom stereocenters. The van der Waals surface area contributed by atoms with E-state index in [4.69, 9.17) is 0 Å². The molecule has 2 aromatic carbocycles. The average molecular weight is 395 g/mol. The van der Waals surface area contributed by atoms with Crippen LogP contribution in [-0.2, 0) is 6.54 Å². The number of nitrogens with zero attached hydrogens (tertiary/aromatic N) is 5. The number of nitrogens with one attached hydrogen (secondary N) is 1. The highest BCUT2D eigenvalue weighted by molar-refractivity contribution is 9.10. The molecule has 2 heterocycles. The van der Waals surface area contributed by atoms with Crippen molar-refractivity contribution in [2.45, 2.75) is 13.5 Å². The Balaban J connectivity index is 1.67. The summed E-state index contributed by atoms with van der Waals surface area (Å²) in [6.45, 7) is 2.90. The lowest BCUT2D eigenvalue weighted by atomic mass is 10.2. The summed E-state index contributed by atoms with van der Waals surface area (Å²) in [5, 5.41) is 13.7. The molecule has 0 saturated heterocycles. The molecule has 0 spiro atoms. The van der Waals surface area contributed by atoms with Gasteiger partial charge in [0, 0.05) is 16.4 Å². The van der Waals surface area contributed by atoms with E-state index < -0.39 is 0 Å². The van der Waals surface area contributed by atoms with Crippen LogP contribution in [0.2, 0.25) is 0 Å². The summed E-state index contributed by atoms with van der Waals surface area (Å²) in [5.41, 5.74) is 6.55. The molecule has 0 radical (unpaired) electrons. The second-order valence-electron chi connectivity index (χ2n) is 5.49. The van der Waals surface area contributed by atoms with Crippen molar-refractivity contribution in [3.05, 3.63) is 58.6 Å². The molecule has 4 rings (SSSR count). The quantitative estimate of drug-likeness (QED) is 0.415. The Labute approximate surface area is 152 Å². The number of halogens is 1. The van der Waals surface area contributed by atoms with E-state index in [0.717, 1.165) is 38.6 Å². The minimum Gasteiger partial charge on any atom is -0.324 e. The van der Waals surface area contributed by atoms with E-state index in [-0.39, 0.29) is 0 Å².